The molecule has 2 rings (SSSR count). The Bertz CT molecular complexity index is 625. The standard InChI is InChI=1S/C16H15ClFNO/c1-10-4-3-5-14(15(10)18)16(20)19-11(2)12-6-8-13(17)9-7-12/h3-9,11H,1-2H3,(H,19,20). The van der Waals surface area contributed by atoms with Crippen molar-refractivity contribution in [1.82, 2.24) is 5.32 Å². The van der Waals surface area contributed by atoms with Gasteiger partial charge in [0, 0.05) is 5.02 Å². The minimum absolute atomic E-state index is 0.0609. The highest BCUT2D eigenvalue weighted by molar-refractivity contribution is 6.30. The van der Waals surface area contributed by atoms with Gasteiger partial charge in [-0.15, -0.1) is 0 Å². The molecular weight excluding hydrogens is 277 g/mol. The minimum Gasteiger partial charge on any atom is -0.345 e. The van der Waals surface area contributed by atoms with Gasteiger partial charge in [-0.05, 0) is 43.2 Å². The number of hydrogen-bond acceptors (Lipinski definition) is 1. The highest BCUT2D eigenvalue weighted by atomic mass is 35.5. The molecule has 0 aromatic heterocycles. The molecule has 2 aromatic rings. The summed E-state index contributed by atoms with van der Waals surface area (Å²) in [6.45, 7) is 3.48. The monoisotopic (exact) mass is 291 g/mol. The van der Waals surface area contributed by atoms with Crippen molar-refractivity contribution in [2.45, 2.75) is 19.9 Å². The maximum atomic E-state index is 13.9. The SMILES string of the molecule is Cc1cccc(C(=O)NC(C)c2ccc(Cl)cc2)c1F. The van der Waals surface area contributed by atoms with Crippen molar-refractivity contribution in [3.63, 3.8) is 0 Å². The highest BCUT2D eigenvalue weighted by Gasteiger charge is 2.16. The Morgan fingerprint density at radius 1 is 1.20 bits per heavy atom. The van der Waals surface area contributed by atoms with Crippen molar-refractivity contribution in [3.8, 4) is 0 Å². The lowest BCUT2D eigenvalue weighted by atomic mass is 10.1. The number of carbonyl (C=O) groups is 1. The Kier molecular flexibility index (Phi) is 4.40. The molecular formula is C16H15ClFNO. The molecule has 2 aromatic carbocycles. The first-order valence-corrected chi connectivity index (χ1v) is 6.68. The zero-order valence-corrected chi connectivity index (χ0v) is 12.0. The van der Waals surface area contributed by atoms with Crippen LogP contribution in [0.3, 0.4) is 0 Å². The first-order valence-electron chi connectivity index (χ1n) is 6.30. The van der Waals surface area contributed by atoms with Crippen molar-refractivity contribution in [2.75, 3.05) is 0 Å². The van der Waals surface area contributed by atoms with E-state index in [0.717, 1.165) is 5.56 Å². The zero-order chi connectivity index (χ0) is 14.7. The lowest BCUT2D eigenvalue weighted by molar-refractivity contribution is 0.0935. The van der Waals surface area contributed by atoms with E-state index < -0.39 is 11.7 Å². The van der Waals surface area contributed by atoms with E-state index in [-0.39, 0.29) is 11.6 Å². The Morgan fingerprint density at radius 3 is 2.50 bits per heavy atom. The van der Waals surface area contributed by atoms with Crippen molar-refractivity contribution in [1.29, 1.82) is 0 Å². The summed E-state index contributed by atoms with van der Waals surface area (Å²) in [7, 11) is 0. The van der Waals surface area contributed by atoms with Crippen LogP contribution in [-0.2, 0) is 0 Å². The van der Waals surface area contributed by atoms with Gasteiger partial charge in [0.2, 0.25) is 0 Å². The second-order valence-electron chi connectivity index (χ2n) is 4.68. The van der Waals surface area contributed by atoms with Crippen molar-refractivity contribution >= 4 is 17.5 Å². The number of benzene rings is 2. The number of nitrogens with one attached hydrogen (secondary N) is 1. The van der Waals surface area contributed by atoms with Gasteiger partial charge in [-0.3, -0.25) is 4.79 Å². The fourth-order valence-corrected chi connectivity index (χ4v) is 2.06. The highest BCUT2D eigenvalue weighted by Crippen LogP contribution is 2.18. The van der Waals surface area contributed by atoms with Gasteiger partial charge in [-0.25, -0.2) is 4.39 Å². The van der Waals surface area contributed by atoms with Gasteiger partial charge < -0.3 is 5.32 Å². The zero-order valence-electron chi connectivity index (χ0n) is 11.3. The molecule has 0 aliphatic rings. The molecule has 104 valence electrons. The van der Waals surface area contributed by atoms with Crippen LogP contribution < -0.4 is 5.32 Å². The van der Waals surface area contributed by atoms with E-state index in [9.17, 15) is 9.18 Å². The number of rotatable bonds is 3. The second kappa shape index (κ2) is 6.06. The van der Waals surface area contributed by atoms with E-state index in [4.69, 9.17) is 11.6 Å². The molecule has 0 spiro atoms. The predicted octanol–water partition coefficient (Wildman–Crippen LogP) is 4.28. The summed E-state index contributed by atoms with van der Waals surface area (Å²) in [5.74, 6) is -0.901. The Hall–Kier alpha value is -1.87. The van der Waals surface area contributed by atoms with Gasteiger partial charge in [0.15, 0.2) is 0 Å². The summed E-state index contributed by atoms with van der Waals surface area (Å²) < 4.78 is 13.9. The molecule has 0 aliphatic heterocycles. The van der Waals surface area contributed by atoms with E-state index >= 15 is 0 Å². The van der Waals surface area contributed by atoms with Gasteiger partial charge in [0.05, 0.1) is 11.6 Å². The van der Waals surface area contributed by atoms with Crippen LogP contribution in [0, 0.1) is 12.7 Å². The molecule has 0 fully saturated rings. The first kappa shape index (κ1) is 14.5. The molecule has 1 amide bonds. The minimum atomic E-state index is -0.478. The molecule has 0 radical (unpaired) electrons. The topological polar surface area (TPSA) is 29.1 Å². The predicted molar refractivity (Wildman–Crippen MR) is 78.5 cm³/mol. The van der Waals surface area contributed by atoms with Crippen LogP contribution in [0.4, 0.5) is 4.39 Å². The Balaban J connectivity index is 2.15. The van der Waals surface area contributed by atoms with Crippen LogP contribution in [0.2, 0.25) is 5.02 Å². The van der Waals surface area contributed by atoms with Crippen LogP contribution in [-0.4, -0.2) is 5.91 Å². The number of aryl methyl sites for hydroxylation is 1. The molecule has 0 saturated heterocycles. The molecule has 1 atom stereocenters. The Morgan fingerprint density at radius 2 is 1.85 bits per heavy atom. The summed E-state index contributed by atoms with van der Waals surface area (Å²) in [5.41, 5.74) is 1.43. The fourth-order valence-electron chi connectivity index (χ4n) is 1.93. The molecule has 1 unspecified atom stereocenters. The van der Waals surface area contributed by atoms with E-state index in [1.807, 2.05) is 19.1 Å². The quantitative estimate of drug-likeness (QED) is 0.898. The van der Waals surface area contributed by atoms with Crippen molar-refractivity contribution in [3.05, 3.63) is 70.0 Å². The van der Waals surface area contributed by atoms with Crippen molar-refractivity contribution in [2.24, 2.45) is 0 Å². The van der Waals surface area contributed by atoms with Crippen molar-refractivity contribution < 1.29 is 9.18 Å². The summed E-state index contributed by atoms with van der Waals surface area (Å²) in [6.07, 6.45) is 0. The summed E-state index contributed by atoms with van der Waals surface area (Å²) >= 11 is 5.82. The van der Waals surface area contributed by atoms with Crippen LogP contribution in [0.15, 0.2) is 42.5 Å². The lowest BCUT2D eigenvalue weighted by Crippen LogP contribution is -2.27. The van der Waals surface area contributed by atoms with Crippen LogP contribution >= 0.6 is 11.6 Å². The van der Waals surface area contributed by atoms with Gasteiger partial charge in [0.25, 0.3) is 5.91 Å². The summed E-state index contributed by atoms with van der Waals surface area (Å²) in [5, 5.41) is 3.41. The summed E-state index contributed by atoms with van der Waals surface area (Å²) in [6, 6.07) is 11.7. The molecule has 4 heteroatoms. The third-order valence-electron chi connectivity index (χ3n) is 3.15. The smallest absolute Gasteiger partial charge is 0.254 e. The van der Waals surface area contributed by atoms with Gasteiger partial charge in [0.1, 0.15) is 5.82 Å². The maximum Gasteiger partial charge on any atom is 0.254 e. The first-order chi connectivity index (χ1) is 9.49. The average molecular weight is 292 g/mol. The molecule has 1 N–H and O–H groups in total. The number of halogens is 2. The second-order valence-corrected chi connectivity index (χ2v) is 5.12. The van der Waals surface area contributed by atoms with Crippen LogP contribution in [0.1, 0.15) is 34.5 Å². The van der Waals surface area contributed by atoms with E-state index in [2.05, 4.69) is 5.32 Å². The number of carbonyl (C=O) groups excluding carboxylic acids is 1. The average Bonchev–Trinajstić information content (AvgIpc) is 2.42. The third kappa shape index (κ3) is 3.17. The van der Waals surface area contributed by atoms with Crippen LogP contribution in [0.5, 0.6) is 0 Å². The molecule has 0 bridgehead atoms. The van der Waals surface area contributed by atoms with E-state index in [1.165, 1.54) is 6.07 Å². The Labute approximate surface area is 122 Å². The van der Waals surface area contributed by atoms with Crippen LogP contribution in [0.25, 0.3) is 0 Å². The molecule has 0 aliphatic carbocycles. The fraction of sp³-hybridized carbons (Fsp3) is 0.188. The van der Waals surface area contributed by atoms with Gasteiger partial charge in [-0.1, -0.05) is 35.9 Å². The van der Waals surface area contributed by atoms with Gasteiger partial charge >= 0.3 is 0 Å². The molecule has 20 heavy (non-hydrogen) atoms. The normalized spacial score (nSPS) is 12.0. The summed E-state index contributed by atoms with van der Waals surface area (Å²) in [4.78, 5) is 12.1. The largest absolute Gasteiger partial charge is 0.345 e. The molecule has 0 heterocycles. The number of hydrogen-bond donors (Lipinski definition) is 1. The molecule has 0 saturated carbocycles. The van der Waals surface area contributed by atoms with E-state index in [0.29, 0.717) is 10.6 Å². The van der Waals surface area contributed by atoms with E-state index in [1.54, 1.807) is 31.2 Å². The number of amides is 1. The maximum absolute atomic E-state index is 13.9. The van der Waals surface area contributed by atoms with Gasteiger partial charge in [-0.2, -0.15) is 0 Å². The lowest BCUT2D eigenvalue weighted by Gasteiger charge is -2.15. The molecule has 2 nitrogen and oxygen atoms in total. The third-order valence-corrected chi connectivity index (χ3v) is 3.41.